The van der Waals surface area contributed by atoms with Crippen molar-refractivity contribution in [1.29, 1.82) is 0 Å². The van der Waals surface area contributed by atoms with E-state index in [0.717, 1.165) is 11.1 Å². The quantitative estimate of drug-likeness (QED) is 0.654. The summed E-state index contributed by atoms with van der Waals surface area (Å²) in [6.07, 6.45) is 0.468. The van der Waals surface area contributed by atoms with Crippen molar-refractivity contribution in [2.45, 2.75) is 25.7 Å². The molecule has 18 heavy (non-hydrogen) atoms. The van der Waals surface area contributed by atoms with Crippen molar-refractivity contribution in [3.8, 4) is 11.8 Å². The molecular weight excluding hydrogens is 228 g/mol. The van der Waals surface area contributed by atoms with Crippen LogP contribution in [-0.2, 0) is 14.9 Å². The van der Waals surface area contributed by atoms with Crippen molar-refractivity contribution in [2.75, 3.05) is 13.7 Å². The third-order valence-corrected chi connectivity index (χ3v) is 2.77. The smallest absolute Gasteiger partial charge is 0.315 e. The number of hydrogen-bond acceptors (Lipinski definition) is 3. The van der Waals surface area contributed by atoms with Crippen LogP contribution in [0.25, 0.3) is 0 Å². The van der Waals surface area contributed by atoms with Crippen molar-refractivity contribution in [2.24, 2.45) is 0 Å². The first-order chi connectivity index (χ1) is 8.52. The lowest BCUT2D eigenvalue weighted by Gasteiger charge is -2.21. The molecule has 1 rings (SSSR count). The molecule has 1 aromatic rings. The predicted molar refractivity (Wildman–Crippen MR) is 70.1 cm³/mol. The van der Waals surface area contributed by atoms with Gasteiger partial charge in [0, 0.05) is 12.0 Å². The molecule has 3 heteroatoms. The summed E-state index contributed by atoms with van der Waals surface area (Å²) in [5.41, 5.74) is 1.10. The number of aliphatic hydroxyl groups excluding tert-OH is 1. The number of ether oxygens (including phenoxy) is 1. The van der Waals surface area contributed by atoms with Crippen LogP contribution in [0.3, 0.4) is 0 Å². The van der Waals surface area contributed by atoms with Gasteiger partial charge < -0.3 is 9.84 Å². The molecule has 0 unspecified atom stereocenters. The molecule has 0 atom stereocenters. The lowest BCUT2D eigenvalue weighted by molar-refractivity contribution is -0.146. The van der Waals surface area contributed by atoms with Crippen LogP contribution in [0.5, 0.6) is 0 Å². The molecule has 1 aromatic carbocycles. The van der Waals surface area contributed by atoms with E-state index in [9.17, 15) is 4.79 Å². The van der Waals surface area contributed by atoms with Crippen molar-refractivity contribution in [1.82, 2.24) is 0 Å². The Hall–Kier alpha value is -1.79. The Balaban J connectivity index is 2.90. The Morgan fingerprint density at radius 3 is 2.44 bits per heavy atom. The monoisotopic (exact) mass is 246 g/mol. The largest absolute Gasteiger partial charge is 0.468 e. The molecule has 0 aliphatic rings. The zero-order valence-electron chi connectivity index (χ0n) is 11.0. The summed E-state index contributed by atoms with van der Waals surface area (Å²) in [5.74, 6) is 5.53. The number of benzene rings is 1. The van der Waals surface area contributed by atoms with Gasteiger partial charge in [-0.2, -0.15) is 0 Å². The summed E-state index contributed by atoms with van der Waals surface area (Å²) in [6.45, 7) is 3.72. The number of carbonyl (C=O) groups excluding carboxylic acids is 1. The first-order valence-corrected chi connectivity index (χ1v) is 5.81. The summed E-state index contributed by atoms with van der Waals surface area (Å²) in [7, 11) is 1.39. The summed E-state index contributed by atoms with van der Waals surface area (Å²) < 4.78 is 4.78. The number of aliphatic hydroxyl groups is 1. The Bertz CT molecular complexity index is 461. The van der Waals surface area contributed by atoms with Gasteiger partial charge in [0.2, 0.25) is 0 Å². The molecule has 0 radical (unpaired) electrons. The Morgan fingerprint density at radius 2 is 1.94 bits per heavy atom. The molecule has 0 saturated heterocycles. The summed E-state index contributed by atoms with van der Waals surface area (Å²) in [5, 5.41) is 8.63. The van der Waals surface area contributed by atoms with Crippen molar-refractivity contribution in [3.63, 3.8) is 0 Å². The highest BCUT2D eigenvalue weighted by Gasteiger charge is 2.30. The molecule has 0 aliphatic heterocycles. The van der Waals surface area contributed by atoms with Crippen molar-refractivity contribution < 1.29 is 14.6 Å². The lowest BCUT2D eigenvalue weighted by Crippen LogP contribution is -2.30. The minimum Gasteiger partial charge on any atom is -0.468 e. The number of rotatable bonds is 3. The number of carbonyl (C=O) groups is 1. The van der Waals surface area contributed by atoms with E-state index in [1.807, 2.05) is 38.1 Å². The molecule has 0 spiro atoms. The fourth-order valence-electron chi connectivity index (χ4n) is 1.56. The Labute approximate surface area is 108 Å². The van der Waals surface area contributed by atoms with Crippen LogP contribution in [0.15, 0.2) is 24.3 Å². The summed E-state index contributed by atoms with van der Waals surface area (Å²) in [6, 6.07) is 7.48. The SMILES string of the molecule is COC(=O)C(C)(C)c1ccc(C#CCCO)cc1. The van der Waals surface area contributed by atoms with Gasteiger partial charge in [-0.1, -0.05) is 24.0 Å². The second-order valence-electron chi connectivity index (χ2n) is 4.47. The van der Waals surface area contributed by atoms with Crippen LogP contribution in [0.4, 0.5) is 0 Å². The Morgan fingerprint density at radius 1 is 1.33 bits per heavy atom. The highest BCUT2D eigenvalue weighted by atomic mass is 16.5. The van der Waals surface area contributed by atoms with Crippen LogP contribution >= 0.6 is 0 Å². The lowest BCUT2D eigenvalue weighted by atomic mass is 9.84. The van der Waals surface area contributed by atoms with Gasteiger partial charge in [-0.05, 0) is 31.5 Å². The van der Waals surface area contributed by atoms with Crippen LogP contribution < -0.4 is 0 Å². The number of methoxy groups -OCH3 is 1. The number of esters is 1. The third kappa shape index (κ3) is 3.35. The van der Waals surface area contributed by atoms with E-state index in [2.05, 4.69) is 11.8 Å². The molecule has 0 aliphatic carbocycles. The van der Waals surface area contributed by atoms with E-state index in [-0.39, 0.29) is 12.6 Å². The molecular formula is C15H18O3. The van der Waals surface area contributed by atoms with Gasteiger partial charge in [0.25, 0.3) is 0 Å². The Kier molecular flexibility index (Phi) is 4.94. The van der Waals surface area contributed by atoms with Gasteiger partial charge in [0.1, 0.15) is 0 Å². The molecule has 0 amide bonds. The fraction of sp³-hybridized carbons (Fsp3) is 0.400. The zero-order valence-corrected chi connectivity index (χ0v) is 11.0. The maximum atomic E-state index is 11.7. The molecule has 0 saturated carbocycles. The maximum Gasteiger partial charge on any atom is 0.315 e. The van der Waals surface area contributed by atoms with E-state index in [0.29, 0.717) is 6.42 Å². The third-order valence-electron chi connectivity index (χ3n) is 2.77. The van der Waals surface area contributed by atoms with Gasteiger partial charge in [-0.25, -0.2) is 0 Å². The van der Waals surface area contributed by atoms with E-state index in [1.54, 1.807) is 0 Å². The fourth-order valence-corrected chi connectivity index (χ4v) is 1.56. The van der Waals surface area contributed by atoms with Gasteiger partial charge >= 0.3 is 5.97 Å². The van der Waals surface area contributed by atoms with Crippen molar-refractivity contribution >= 4 is 5.97 Å². The minimum absolute atomic E-state index is 0.0699. The van der Waals surface area contributed by atoms with Gasteiger partial charge in [-0.15, -0.1) is 0 Å². The number of hydrogen-bond donors (Lipinski definition) is 1. The zero-order chi connectivity index (χ0) is 13.6. The second kappa shape index (κ2) is 6.23. The first kappa shape index (κ1) is 14.3. The average Bonchev–Trinajstić information content (AvgIpc) is 2.38. The van der Waals surface area contributed by atoms with E-state index in [1.165, 1.54) is 7.11 Å². The highest BCUT2D eigenvalue weighted by Crippen LogP contribution is 2.24. The molecule has 96 valence electrons. The van der Waals surface area contributed by atoms with Crippen molar-refractivity contribution in [3.05, 3.63) is 35.4 Å². The van der Waals surface area contributed by atoms with E-state index < -0.39 is 5.41 Å². The van der Waals surface area contributed by atoms with E-state index >= 15 is 0 Å². The van der Waals surface area contributed by atoms with Crippen LogP contribution in [0, 0.1) is 11.8 Å². The maximum absolute atomic E-state index is 11.7. The molecule has 0 bridgehead atoms. The second-order valence-corrected chi connectivity index (χ2v) is 4.47. The standard InChI is InChI=1S/C15H18O3/c1-15(2,14(17)18-3)13-9-7-12(8-10-13)6-4-5-11-16/h7-10,16H,5,11H2,1-3H3. The highest BCUT2D eigenvalue weighted by molar-refractivity contribution is 5.82. The molecule has 0 fully saturated rings. The topological polar surface area (TPSA) is 46.5 Å². The predicted octanol–water partition coefficient (Wildman–Crippen LogP) is 1.87. The van der Waals surface area contributed by atoms with Gasteiger partial charge in [0.05, 0.1) is 19.1 Å². The van der Waals surface area contributed by atoms with Crippen LogP contribution in [-0.4, -0.2) is 24.8 Å². The first-order valence-electron chi connectivity index (χ1n) is 5.81. The minimum atomic E-state index is -0.661. The van der Waals surface area contributed by atoms with E-state index in [4.69, 9.17) is 9.84 Å². The van der Waals surface area contributed by atoms with Crippen LogP contribution in [0.1, 0.15) is 31.4 Å². The molecule has 3 nitrogen and oxygen atoms in total. The normalized spacial score (nSPS) is 10.4. The van der Waals surface area contributed by atoms with Gasteiger partial charge in [-0.3, -0.25) is 4.79 Å². The molecule has 0 heterocycles. The summed E-state index contributed by atoms with van der Waals surface area (Å²) >= 11 is 0. The average molecular weight is 246 g/mol. The van der Waals surface area contributed by atoms with Gasteiger partial charge in [0.15, 0.2) is 0 Å². The summed E-state index contributed by atoms with van der Waals surface area (Å²) in [4.78, 5) is 11.7. The van der Waals surface area contributed by atoms with Crippen LogP contribution in [0.2, 0.25) is 0 Å². The molecule has 1 N–H and O–H groups in total. The molecule has 0 aromatic heterocycles.